The maximum absolute atomic E-state index is 13.5. The average Bonchev–Trinajstić information content (AvgIpc) is 3.72. The molecule has 1 unspecified atom stereocenters. The van der Waals surface area contributed by atoms with E-state index in [0.29, 0.717) is 16.6 Å². The fraction of sp³-hybridized carbons (Fsp3) is 0.517. The van der Waals surface area contributed by atoms with Crippen LogP contribution in [0.4, 0.5) is 0 Å². The van der Waals surface area contributed by atoms with E-state index in [0.717, 1.165) is 75.8 Å². The number of sulfone groups is 1. The van der Waals surface area contributed by atoms with E-state index in [1.807, 2.05) is 17.0 Å². The molecule has 2 aliphatic heterocycles. The van der Waals surface area contributed by atoms with Gasteiger partial charge >= 0.3 is 0 Å². The van der Waals surface area contributed by atoms with E-state index < -0.39 is 9.84 Å². The predicted octanol–water partition coefficient (Wildman–Crippen LogP) is 4.87. The zero-order valence-corrected chi connectivity index (χ0v) is 24.5. The van der Waals surface area contributed by atoms with Gasteiger partial charge in [-0.2, -0.15) is 0 Å². The Morgan fingerprint density at radius 2 is 1.69 bits per heavy atom. The number of likely N-dealkylation sites (tertiary alicyclic amines) is 2. The van der Waals surface area contributed by atoms with E-state index in [1.165, 1.54) is 6.26 Å². The Morgan fingerprint density at radius 3 is 2.31 bits per heavy atom. The molecule has 1 atom stereocenters. The lowest BCUT2D eigenvalue weighted by molar-refractivity contribution is -0.139. The molecule has 2 aromatic rings. The molecule has 10 heteroatoms. The molecule has 0 aromatic heterocycles. The fourth-order valence-corrected chi connectivity index (χ4v) is 6.71. The molecule has 1 spiro atoms. The highest BCUT2D eigenvalue weighted by Crippen LogP contribution is 2.42. The monoisotopic (exact) mass is 591 g/mol. The molecule has 210 valence electrons. The summed E-state index contributed by atoms with van der Waals surface area (Å²) in [5.41, 5.74) is 1.58. The van der Waals surface area contributed by atoms with Crippen molar-refractivity contribution in [2.45, 2.75) is 56.0 Å². The zero-order chi connectivity index (χ0) is 27.8. The fourth-order valence-electron chi connectivity index (χ4n) is 5.77. The van der Waals surface area contributed by atoms with Crippen LogP contribution in [0.2, 0.25) is 10.0 Å². The third kappa shape index (κ3) is 6.62. The van der Waals surface area contributed by atoms with Crippen molar-refractivity contribution in [2.75, 3.05) is 32.4 Å². The Morgan fingerprint density at radius 1 is 1.03 bits per heavy atom. The Bertz CT molecular complexity index is 1340. The predicted molar refractivity (Wildman–Crippen MR) is 152 cm³/mol. The summed E-state index contributed by atoms with van der Waals surface area (Å²) >= 11 is 12.4. The molecule has 3 fully saturated rings. The standard InChI is InChI=1S/C29H35Cl2N3O4S/c1-39(37,38)23-7-2-20(3-8-23)19-34-17-13-29(28(34)36)11-15-33(16-12-29)14-10-26(32-27(35)21-4-5-21)22-6-9-24(30)25(31)18-22/h2-3,6-9,18,21,26H,4-5,10-17,19H2,1H3,(H,32,35). The van der Waals surface area contributed by atoms with E-state index in [1.54, 1.807) is 30.3 Å². The van der Waals surface area contributed by atoms with Gasteiger partial charge in [-0.1, -0.05) is 41.4 Å². The van der Waals surface area contributed by atoms with Gasteiger partial charge in [-0.05, 0) is 87.0 Å². The van der Waals surface area contributed by atoms with E-state index in [9.17, 15) is 18.0 Å². The maximum Gasteiger partial charge on any atom is 0.229 e. The Balaban J connectivity index is 1.16. The first-order valence-corrected chi connectivity index (χ1v) is 16.2. The topological polar surface area (TPSA) is 86.8 Å². The summed E-state index contributed by atoms with van der Waals surface area (Å²) in [5, 5.41) is 4.19. The van der Waals surface area contributed by atoms with E-state index in [4.69, 9.17) is 23.2 Å². The van der Waals surface area contributed by atoms with Crippen molar-refractivity contribution in [1.82, 2.24) is 15.1 Å². The number of amides is 2. The molecule has 1 N–H and O–H groups in total. The SMILES string of the molecule is CS(=O)(=O)c1ccc(CN2CCC3(CCN(CCC(NC(=O)C4CC4)c4ccc(Cl)c(Cl)c4)CC3)C2=O)cc1. The van der Waals surface area contributed by atoms with Crippen molar-refractivity contribution >= 4 is 44.9 Å². The van der Waals surface area contributed by atoms with Crippen molar-refractivity contribution in [3.63, 3.8) is 0 Å². The van der Waals surface area contributed by atoms with Crippen LogP contribution in [0.3, 0.4) is 0 Å². The average molecular weight is 593 g/mol. The van der Waals surface area contributed by atoms with Crippen LogP contribution < -0.4 is 5.32 Å². The van der Waals surface area contributed by atoms with Crippen molar-refractivity contribution in [3.8, 4) is 0 Å². The summed E-state index contributed by atoms with van der Waals surface area (Å²) in [6.07, 6.45) is 6.34. The van der Waals surface area contributed by atoms with Gasteiger partial charge < -0.3 is 15.1 Å². The van der Waals surface area contributed by atoms with Crippen LogP contribution >= 0.6 is 23.2 Å². The van der Waals surface area contributed by atoms with Gasteiger partial charge in [0.25, 0.3) is 0 Å². The van der Waals surface area contributed by atoms with Gasteiger partial charge in [0.05, 0.1) is 26.4 Å². The van der Waals surface area contributed by atoms with Gasteiger partial charge in [0, 0.05) is 31.8 Å². The molecular formula is C29H35Cl2N3O4S. The minimum absolute atomic E-state index is 0.103. The number of nitrogens with zero attached hydrogens (tertiary/aromatic N) is 2. The van der Waals surface area contributed by atoms with Gasteiger partial charge in [0.2, 0.25) is 11.8 Å². The normalized spacial score (nSPS) is 20.4. The molecule has 3 aliphatic rings. The number of hydrogen-bond donors (Lipinski definition) is 1. The van der Waals surface area contributed by atoms with Gasteiger partial charge in [0.15, 0.2) is 9.84 Å². The van der Waals surface area contributed by atoms with Crippen LogP contribution in [-0.2, 0) is 26.0 Å². The maximum atomic E-state index is 13.5. The number of nitrogens with one attached hydrogen (secondary N) is 1. The molecule has 2 saturated heterocycles. The summed E-state index contributed by atoms with van der Waals surface area (Å²) < 4.78 is 23.5. The molecule has 2 heterocycles. The highest BCUT2D eigenvalue weighted by Gasteiger charge is 2.47. The molecule has 0 bridgehead atoms. The lowest BCUT2D eigenvalue weighted by Crippen LogP contribution is -2.45. The van der Waals surface area contributed by atoms with Crippen LogP contribution in [0, 0.1) is 11.3 Å². The van der Waals surface area contributed by atoms with E-state index in [2.05, 4.69) is 10.2 Å². The lowest BCUT2D eigenvalue weighted by Gasteiger charge is -2.38. The second-order valence-electron chi connectivity index (χ2n) is 11.3. The number of halogens is 2. The van der Waals surface area contributed by atoms with E-state index in [-0.39, 0.29) is 34.1 Å². The first-order chi connectivity index (χ1) is 18.5. The second kappa shape index (κ2) is 11.4. The zero-order valence-electron chi connectivity index (χ0n) is 22.2. The Labute approximate surface area is 240 Å². The quantitative estimate of drug-likeness (QED) is 0.449. The van der Waals surface area contributed by atoms with Crippen LogP contribution in [0.1, 0.15) is 55.7 Å². The molecule has 1 saturated carbocycles. The lowest BCUT2D eigenvalue weighted by atomic mass is 9.77. The molecule has 5 rings (SSSR count). The smallest absolute Gasteiger partial charge is 0.229 e. The summed E-state index contributed by atoms with van der Waals surface area (Å²) in [6, 6.07) is 12.2. The highest BCUT2D eigenvalue weighted by atomic mass is 35.5. The van der Waals surface area contributed by atoms with Gasteiger partial charge in [-0.3, -0.25) is 9.59 Å². The molecule has 0 radical (unpaired) electrons. The van der Waals surface area contributed by atoms with Crippen LogP contribution in [-0.4, -0.2) is 62.5 Å². The first-order valence-electron chi connectivity index (χ1n) is 13.6. The molecular weight excluding hydrogens is 557 g/mol. The highest BCUT2D eigenvalue weighted by molar-refractivity contribution is 7.90. The minimum Gasteiger partial charge on any atom is -0.349 e. The third-order valence-electron chi connectivity index (χ3n) is 8.48. The summed E-state index contributed by atoms with van der Waals surface area (Å²) in [4.78, 5) is 30.6. The first kappa shape index (κ1) is 28.4. The number of rotatable bonds is 9. The summed E-state index contributed by atoms with van der Waals surface area (Å²) in [7, 11) is -3.24. The second-order valence-corrected chi connectivity index (χ2v) is 14.1. The van der Waals surface area contributed by atoms with Crippen LogP contribution in [0.25, 0.3) is 0 Å². The Hall–Kier alpha value is -2.13. The molecule has 39 heavy (non-hydrogen) atoms. The number of hydrogen-bond acceptors (Lipinski definition) is 5. The van der Waals surface area contributed by atoms with Gasteiger partial charge in [0.1, 0.15) is 0 Å². The van der Waals surface area contributed by atoms with Gasteiger partial charge in [-0.15, -0.1) is 0 Å². The van der Waals surface area contributed by atoms with Crippen LogP contribution in [0.5, 0.6) is 0 Å². The molecule has 7 nitrogen and oxygen atoms in total. The third-order valence-corrected chi connectivity index (χ3v) is 10.4. The largest absolute Gasteiger partial charge is 0.349 e. The van der Waals surface area contributed by atoms with Crippen molar-refractivity contribution in [1.29, 1.82) is 0 Å². The van der Waals surface area contributed by atoms with Crippen LogP contribution in [0.15, 0.2) is 47.4 Å². The Kier molecular flexibility index (Phi) is 8.30. The number of carbonyl (C=O) groups excluding carboxylic acids is 2. The molecule has 1 aliphatic carbocycles. The van der Waals surface area contributed by atoms with Gasteiger partial charge in [-0.25, -0.2) is 8.42 Å². The summed E-state index contributed by atoms with van der Waals surface area (Å²) in [6.45, 7) is 3.72. The number of carbonyl (C=O) groups is 2. The van der Waals surface area contributed by atoms with E-state index >= 15 is 0 Å². The number of benzene rings is 2. The summed E-state index contributed by atoms with van der Waals surface area (Å²) in [5.74, 6) is 0.435. The van der Waals surface area contributed by atoms with Crippen molar-refractivity contribution < 1.29 is 18.0 Å². The molecule has 2 aromatic carbocycles. The molecule has 2 amide bonds. The van der Waals surface area contributed by atoms with Crippen molar-refractivity contribution in [3.05, 3.63) is 63.6 Å². The van der Waals surface area contributed by atoms with Crippen molar-refractivity contribution in [2.24, 2.45) is 11.3 Å². The minimum atomic E-state index is -3.24. The number of piperidine rings is 1.